The fraction of sp³-hybridized carbons (Fsp3) is 0.259. The lowest BCUT2D eigenvalue weighted by Gasteiger charge is -2.21. The molecule has 0 saturated heterocycles. The van der Waals surface area contributed by atoms with Crippen LogP contribution in [0.15, 0.2) is 47.4 Å². The van der Waals surface area contributed by atoms with E-state index >= 15 is 0 Å². The summed E-state index contributed by atoms with van der Waals surface area (Å²) in [5.41, 5.74) is 2.92. The lowest BCUT2D eigenvalue weighted by Crippen LogP contribution is -2.24. The Morgan fingerprint density at radius 1 is 1.13 bits per heavy atom. The first-order valence-electron chi connectivity index (χ1n) is 12.0. The topological polar surface area (TPSA) is 96.0 Å². The van der Waals surface area contributed by atoms with Gasteiger partial charge in [-0.2, -0.15) is 0 Å². The van der Waals surface area contributed by atoms with Gasteiger partial charge in [-0.1, -0.05) is 37.6 Å². The average molecular weight is 559 g/mol. The predicted octanol–water partition coefficient (Wildman–Crippen LogP) is 7.25. The number of hydrogen-bond donors (Lipinski definition) is 4. The van der Waals surface area contributed by atoms with Crippen LogP contribution in [-0.2, 0) is 7.05 Å². The molecule has 0 aliphatic heterocycles. The maximum atomic E-state index is 14.8. The van der Waals surface area contributed by atoms with E-state index in [2.05, 4.69) is 24.7 Å². The summed E-state index contributed by atoms with van der Waals surface area (Å²) in [5.74, 6) is 0.909. The maximum Gasteiger partial charge on any atom is 0.258 e. The average Bonchev–Trinajstić information content (AvgIpc) is 3.34. The molecule has 0 radical (unpaired) electrons. The predicted molar refractivity (Wildman–Crippen MR) is 156 cm³/mol. The summed E-state index contributed by atoms with van der Waals surface area (Å²) in [6.45, 7) is 9.34. The first-order chi connectivity index (χ1) is 18.2. The van der Waals surface area contributed by atoms with Crippen LogP contribution in [-0.4, -0.2) is 21.6 Å². The molecule has 38 heavy (non-hydrogen) atoms. The summed E-state index contributed by atoms with van der Waals surface area (Å²) >= 11 is 7.88. The summed E-state index contributed by atoms with van der Waals surface area (Å²) in [6.07, 6.45) is 1.67. The van der Waals surface area contributed by atoms with Crippen molar-refractivity contribution in [1.29, 1.82) is 0 Å². The zero-order chi connectivity index (χ0) is 28.0. The van der Waals surface area contributed by atoms with Crippen molar-refractivity contribution in [1.82, 2.24) is 19.3 Å². The van der Waals surface area contributed by atoms with Gasteiger partial charge in [0.2, 0.25) is 0 Å². The van der Waals surface area contributed by atoms with Gasteiger partial charge in [0.15, 0.2) is 5.75 Å². The first kappa shape index (κ1) is 29.1. The fourth-order valence-electron chi connectivity index (χ4n) is 3.68. The summed E-state index contributed by atoms with van der Waals surface area (Å²) in [6, 6.07) is 10.1. The first-order valence-corrected chi connectivity index (χ1v) is 13.2. The molecular formula is C27H32ClFN6O2S. The van der Waals surface area contributed by atoms with Gasteiger partial charge in [0.05, 0.1) is 16.9 Å². The highest BCUT2D eigenvalue weighted by Crippen LogP contribution is 2.43. The van der Waals surface area contributed by atoms with Crippen LogP contribution in [0.3, 0.4) is 0 Å². The Morgan fingerprint density at radius 3 is 2.50 bits per heavy atom. The molecule has 8 nitrogen and oxygen atoms in total. The van der Waals surface area contributed by atoms with Gasteiger partial charge >= 0.3 is 0 Å². The molecule has 0 unspecified atom stereocenters. The lowest BCUT2D eigenvalue weighted by atomic mass is 10.1. The normalized spacial score (nSPS) is 10.6. The number of hydrogen-bond acceptors (Lipinski definition) is 7. The van der Waals surface area contributed by atoms with Gasteiger partial charge in [0.25, 0.3) is 5.56 Å². The van der Waals surface area contributed by atoms with E-state index in [1.165, 1.54) is 22.8 Å². The maximum absolute atomic E-state index is 14.8. The number of pyridine rings is 1. The van der Waals surface area contributed by atoms with Crippen LogP contribution in [0.2, 0.25) is 5.02 Å². The third-order valence-electron chi connectivity index (χ3n) is 5.52. The van der Waals surface area contributed by atoms with Gasteiger partial charge in [-0.15, -0.1) is 0 Å². The lowest BCUT2D eigenvalue weighted by molar-refractivity contribution is 0.478. The molecule has 0 spiro atoms. The zero-order valence-corrected chi connectivity index (χ0v) is 24.0. The monoisotopic (exact) mass is 558 g/mol. The minimum absolute atomic E-state index is 0.211. The third-order valence-corrected chi connectivity index (χ3v) is 6.44. The van der Waals surface area contributed by atoms with Crippen molar-refractivity contribution in [2.75, 3.05) is 17.1 Å². The highest BCUT2D eigenvalue weighted by atomic mass is 35.5. The van der Waals surface area contributed by atoms with E-state index in [9.17, 15) is 9.18 Å². The van der Waals surface area contributed by atoms with Crippen molar-refractivity contribution in [2.45, 2.75) is 34.6 Å². The molecular weight excluding hydrogens is 527 g/mol. The van der Waals surface area contributed by atoms with Crippen LogP contribution >= 0.6 is 23.7 Å². The molecule has 2 aromatic carbocycles. The number of aromatic nitrogens is 3. The highest BCUT2D eigenvalue weighted by molar-refractivity contribution is 7.98. The fourth-order valence-corrected chi connectivity index (χ4v) is 4.33. The van der Waals surface area contributed by atoms with Gasteiger partial charge in [0.1, 0.15) is 33.8 Å². The van der Waals surface area contributed by atoms with Crippen molar-refractivity contribution in [3.05, 3.63) is 80.6 Å². The van der Waals surface area contributed by atoms with Crippen LogP contribution in [0.25, 0.3) is 11.4 Å². The van der Waals surface area contributed by atoms with E-state index in [-0.39, 0.29) is 17.0 Å². The molecule has 4 N–H and O–H groups in total. The molecule has 0 bridgehead atoms. The second-order valence-corrected chi connectivity index (χ2v) is 9.39. The molecule has 0 saturated carbocycles. The molecule has 11 heteroatoms. The van der Waals surface area contributed by atoms with Crippen molar-refractivity contribution >= 4 is 40.9 Å². The minimum Gasteiger partial charge on any atom is -0.454 e. The molecule has 2 aromatic heterocycles. The quantitative estimate of drug-likeness (QED) is 0.169. The number of ether oxygens (including phenoxy) is 1. The SMILES string of the molecule is CC.CNSNc1cccc(Oc2c(-c3ncc(C)[nH]3)c(Nc3ccc(C)cc3F)n(C)c(=O)c2C)c1Cl. The zero-order valence-electron chi connectivity index (χ0n) is 22.4. The number of aromatic amines is 1. The molecule has 4 rings (SSSR count). The second-order valence-electron chi connectivity index (χ2n) is 8.19. The highest BCUT2D eigenvalue weighted by Gasteiger charge is 2.25. The molecule has 4 aromatic rings. The Labute approximate surface area is 231 Å². The van der Waals surface area contributed by atoms with Crippen LogP contribution in [0, 0.1) is 26.6 Å². The van der Waals surface area contributed by atoms with Crippen LogP contribution in [0.1, 0.15) is 30.7 Å². The van der Waals surface area contributed by atoms with Crippen LogP contribution in [0.5, 0.6) is 11.5 Å². The van der Waals surface area contributed by atoms with E-state index in [0.29, 0.717) is 39.2 Å². The summed E-state index contributed by atoms with van der Waals surface area (Å²) in [5, 5.41) is 3.42. The van der Waals surface area contributed by atoms with Gasteiger partial charge in [-0.05, 0) is 57.6 Å². The summed E-state index contributed by atoms with van der Waals surface area (Å²) < 4.78 is 28.5. The van der Waals surface area contributed by atoms with Gasteiger partial charge in [0, 0.05) is 31.1 Å². The number of aryl methyl sites for hydroxylation is 2. The standard InChI is InChI=1S/C25H26ClFN6O2S.C2H6/c1-13-9-10-17(16(27)11-13)31-24-20(23-29-12-14(2)30-23)22(15(3)25(34)33(24)5)35-19-8-6-7-18(21(19)26)32-36-28-4;1-2/h6-12,28,31-32H,1-5H3,(H,29,30);1-2H3. The molecule has 0 amide bonds. The second kappa shape index (κ2) is 12.9. The number of imidazole rings is 1. The number of halogens is 2. The number of benzene rings is 2. The van der Waals surface area contributed by atoms with Crippen molar-refractivity contribution in [2.24, 2.45) is 7.05 Å². The van der Waals surface area contributed by atoms with Crippen molar-refractivity contribution < 1.29 is 9.13 Å². The molecule has 0 atom stereocenters. The number of anilines is 3. The summed E-state index contributed by atoms with van der Waals surface area (Å²) in [4.78, 5) is 21.0. The minimum atomic E-state index is -0.448. The Morgan fingerprint density at radius 2 is 1.87 bits per heavy atom. The van der Waals surface area contributed by atoms with Crippen LogP contribution < -0.4 is 25.1 Å². The molecule has 0 fully saturated rings. The molecule has 0 aliphatic carbocycles. The Kier molecular flexibility index (Phi) is 9.84. The third kappa shape index (κ3) is 6.15. The number of nitrogens with one attached hydrogen (secondary N) is 4. The van der Waals surface area contributed by atoms with Gasteiger partial charge in [-0.3, -0.25) is 9.36 Å². The van der Waals surface area contributed by atoms with Crippen molar-refractivity contribution in [3.8, 4) is 22.9 Å². The Hall–Kier alpha value is -3.47. The molecule has 2 heterocycles. The van der Waals surface area contributed by atoms with E-state index in [0.717, 1.165) is 11.3 Å². The Balaban J connectivity index is 0.00000195. The van der Waals surface area contributed by atoms with E-state index in [4.69, 9.17) is 16.3 Å². The number of H-pyrrole nitrogens is 1. The molecule has 0 aliphatic rings. The number of nitrogens with zero attached hydrogens (tertiary/aromatic N) is 2. The molecule has 202 valence electrons. The van der Waals surface area contributed by atoms with E-state index < -0.39 is 5.82 Å². The Bertz CT molecular complexity index is 1490. The van der Waals surface area contributed by atoms with Gasteiger partial charge < -0.3 is 19.8 Å². The largest absolute Gasteiger partial charge is 0.454 e. The number of rotatable bonds is 8. The van der Waals surface area contributed by atoms with Crippen molar-refractivity contribution in [3.63, 3.8) is 0 Å². The van der Waals surface area contributed by atoms with E-state index in [1.54, 1.807) is 64.5 Å². The summed E-state index contributed by atoms with van der Waals surface area (Å²) in [7, 11) is 3.39. The van der Waals surface area contributed by atoms with Crippen LogP contribution in [0.4, 0.5) is 21.6 Å². The van der Waals surface area contributed by atoms with E-state index in [1.807, 2.05) is 20.8 Å². The smallest absolute Gasteiger partial charge is 0.258 e. The van der Waals surface area contributed by atoms with Gasteiger partial charge in [-0.25, -0.2) is 14.1 Å².